The van der Waals surface area contributed by atoms with E-state index >= 15 is 0 Å². The van der Waals surface area contributed by atoms with Crippen LogP contribution in [0.3, 0.4) is 0 Å². The Hall–Kier alpha value is -2.25. The summed E-state index contributed by atoms with van der Waals surface area (Å²) in [5.41, 5.74) is 1.58. The van der Waals surface area contributed by atoms with Crippen molar-refractivity contribution < 1.29 is 18.7 Å². The quantitative estimate of drug-likeness (QED) is 0.786. The van der Waals surface area contributed by atoms with Gasteiger partial charge in [-0.15, -0.1) is 0 Å². The molecule has 142 valence electrons. The van der Waals surface area contributed by atoms with Crippen LogP contribution < -0.4 is 5.32 Å². The molecule has 0 aromatic heterocycles. The molecule has 1 unspecified atom stereocenters. The third kappa shape index (κ3) is 5.61. The van der Waals surface area contributed by atoms with Crippen molar-refractivity contribution in [1.82, 2.24) is 10.2 Å². The summed E-state index contributed by atoms with van der Waals surface area (Å²) in [7, 11) is 0. The first-order valence-corrected chi connectivity index (χ1v) is 9.46. The molecule has 0 aliphatic carbocycles. The Bertz CT molecular complexity index is 813. The van der Waals surface area contributed by atoms with Crippen LogP contribution in [0.1, 0.15) is 17.2 Å². The van der Waals surface area contributed by atoms with Gasteiger partial charge in [-0.3, -0.25) is 9.59 Å². The fourth-order valence-electron chi connectivity index (χ4n) is 2.94. The van der Waals surface area contributed by atoms with E-state index in [0.29, 0.717) is 25.3 Å². The molecule has 0 bridgehead atoms. The topological polar surface area (TPSA) is 58.6 Å². The van der Waals surface area contributed by atoms with Crippen molar-refractivity contribution in [2.75, 3.05) is 26.2 Å². The molecule has 1 heterocycles. The zero-order chi connectivity index (χ0) is 19.2. The number of nitrogens with zero attached hydrogens (tertiary/aromatic N) is 1. The van der Waals surface area contributed by atoms with Crippen LogP contribution in [-0.2, 0) is 20.7 Å². The van der Waals surface area contributed by atoms with Crippen LogP contribution in [0.25, 0.3) is 0 Å². The van der Waals surface area contributed by atoms with E-state index in [0.717, 1.165) is 10.0 Å². The van der Waals surface area contributed by atoms with Gasteiger partial charge in [0.15, 0.2) is 0 Å². The largest absolute Gasteiger partial charge is 0.370 e. The first-order valence-electron chi connectivity index (χ1n) is 8.67. The Morgan fingerprint density at radius 3 is 2.74 bits per heavy atom. The van der Waals surface area contributed by atoms with Crippen LogP contribution >= 0.6 is 15.9 Å². The zero-order valence-electron chi connectivity index (χ0n) is 14.7. The van der Waals surface area contributed by atoms with Gasteiger partial charge in [0, 0.05) is 11.0 Å². The van der Waals surface area contributed by atoms with Gasteiger partial charge < -0.3 is 15.0 Å². The van der Waals surface area contributed by atoms with E-state index in [2.05, 4.69) is 21.2 Å². The summed E-state index contributed by atoms with van der Waals surface area (Å²) in [6, 6.07) is 13.7. The van der Waals surface area contributed by atoms with Crippen molar-refractivity contribution in [3.05, 3.63) is 69.9 Å². The lowest BCUT2D eigenvalue weighted by Gasteiger charge is -2.33. The number of benzene rings is 2. The maximum atomic E-state index is 13.2. The van der Waals surface area contributed by atoms with Crippen molar-refractivity contribution in [3.8, 4) is 0 Å². The van der Waals surface area contributed by atoms with Gasteiger partial charge in [-0.1, -0.05) is 40.2 Å². The van der Waals surface area contributed by atoms with E-state index in [4.69, 9.17) is 4.74 Å². The van der Waals surface area contributed by atoms with Crippen molar-refractivity contribution >= 4 is 27.7 Å². The van der Waals surface area contributed by atoms with E-state index in [9.17, 15) is 14.0 Å². The average Bonchev–Trinajstić information content (AvgIpc) is 2.67. The smallest absolute Gasteiger partial charge is 0.242 e. The predicted molar refractivity (Wildman–Crippen MR) is 103 cm³/mol. The molecule has 2 amide bonds. The van der Waals surface area contributed by atoms with Crippen LogP contribution in [0.2, 0.25) is 0 Å². The summed E-state index contributed by atoms with van der Waals surface area (Å²) in [4.78, 5) is 26.1. The molecular formula is C20H20BrFN2O3. The van der Waals surface area contributed by atoms with E-state index in [1.807, 2.05) is 24.3 Å². The molecule has 1 fully saturated rings. The molecule has 0 saturated carbocycles. The summed E-state index contributed by atoms with van der Waals surface area (Å²) < 4.78 is 19.9. The Morgan fingerprint density at radius 2 is 2.00 bits per heavy atom. The van der Waals surface area contributed by atoms with Crippen molar-refractivity contribution in [2.45, 2.75) is 12.5 Å². The lowest BCUT2D eigenvalue weighted by atomic mass is 10.1. The molecule has 3 rings (SSSR count). The molecule has 5 nitrogen and oxygen atoms in total. The van der Waals surface area contributed by atoms with E-state index < -0.39 is 0 Å². The summed E-state index contributed by atoms with van der Waals surface area (Å²) in [6.07, 6.45) is -0.144. The third-order valence-corrected chi connectivity index (χ3v) is 4.88. The molecule has 1 atom stereocenters. The minimum atomic E-state index is -0.385. The number of halogens is 2. The SMILES string of the molecule is O=C(Cc1cccc(F)c1)NCC(=O)N1CCOC(c2ccc(Br)cc2)C1. The first kappa shape index (κ1) is 19.5. The minimum Gasteiger partial charge on any atom is -0.370 e. The number of rotatable bonds is 5. The normalized spacial score (nSPS) is 16.8. The van der Waals surface area contributed by atoms with Crippen LogP contribution in [0, 0.1) is 5.82 Å². The lowest BCUT2D eigenvalue weighted by Crippen LogP contribution is -2.46. The number of hydrogen-bond donors (Lipinski definition) is 1. The van der Waals surface area contributed by atoms with Gasteiger partial charge >= 0.3 is 0 Å². The summed E-state index contributed by atoms with van der Waals surface area (Å²) in [5, 5.41) is 2.61. The molecule has 1 N–H and O–H groups in total. The molecule has 2 aromatic carbocycles. The first-order chi connectivity index (χ1) is 13.0. The molecule has 0 radical (unpaired) electrons. The van der Waals surface area contributed by atoms with Crippen LogP contribution in [-0.4, -0.2) is 43.0 Å². The second-order valence-electron chi connectivity index (χ2n) is 6.33. The third-order valence-electron chi connectivity index (χ3n) is 4.35. The van der Waals surface area contributed by atoms with Crippen LogP contribution in [0.4, 0.5) is 4.39 Å². The van der Waals surface area contributed by atoms with Gasteiger partial charge in [0.2, 0.25) is 11.8 Å². The number of hydrogen-bond acceptors (Lipinski definition) is 3. The molecule has 7 heteroatoms. The molecule has 2 aromatic rings. The highest BCUT2D eigenvalue weighted by molar-refractivity contribution is 9.10. The number of amides is 2. The summed E-state index contributed by atoms with van der Waals surface area (Å²) >= 11 is 3.40. The van der Waals surface area contributed by atoms with Gasteiger partial charge in [-0.05, 0) is 35.4 Å². The summed E-state index contributed by atoms with van der Waals surface area (Å²) in [5.74, 6) is -0.858. The second-order valence-corrected chi connectivity index (χ2v) is 7.25. The van der Waals surface area contributed by atoms with E-state index in [-0.39, 0.29) is 36.7 Å². The predicted octanol–water partition coefficient (Wildman–Crippen LogP) is 2.85. The molecule has 1 saturated heterocycles. The Kier molecular flexibility index (Phi) is 6.58. The second kappa shape index (κ2) is 9.10. The Labute approximate surface area is 165 Å². The molecule has 1 aliphatic rings. The van der Waals surface area contributed by atoms with Crippen molar-refractivity contribution in [2.24, 2.45) is 0 Å². The average molecular weight is 435 g/mol. The highest BCUT2D eigenvalue weighted by Gasteiger charge is 2.25. The fraction of sp³-hybridized carbons (Fsp3) is 0.300. The summed E-state index contributed by atoms with van der Waals surface area (Å²) in [6.45, 7) is 1.30. The number of morpholine rings is 1. The van der Waals surface area contributed by atoms with Gasteiger partial charge in [-0.2, -0.15) is 0 Å². The van der Waals surface area contributed by atoms with E-state index in [1.54, 1.807) is 17.0 Å². The van der Waals surface area contributed by atoms with E-state index in [1.165, 1.54) is 12.1 Å². The number of carbonyl (C=O) groups is 2. The van der Waals surface area contributed by atoms with Crippen molar-refractivity contribution in [3.63, 3.8) is 0 Å². The highest BCUT2D eigenvalue weighted by atomic mass is 79.9. The molecular weight excluding hydrogens is 415 g/mol. The Balaban J connectivity index is 1.50. The van der Waals surface area contributed by atoms with Gasteiger partial charge in [0.25, 0.3) is 0 Å². The van der Waals surface area contributed by atoms with Crippen LogP contribution in [0.15, 0.2) is 53.0 Å². The molecule has 0 spiro atoms. The standard InChI is InChI=1S/C20H20BrFN2O3/c21-16-6-4-15(5-7-16)18-13-24(8-9-27-18)20(26)12-23-19(25)11-14-2-1-3-17(22)10-14/h1-7,10,18H,8-9,11-13H2,(H,23,25). The highest BCUT2D eigenvalue weighted by Crippen LogP contribution is 2.23. The maximum Gasteiger partial charge on any atom is 0.242 e. The molecule has 1 aliphatic heterocycles. The van der Waals surface area contributed by atoms with Gasteiger partial charge in [0.05, 0.1) is 26.1 Å². The zero-order valence-corrected chi connectivity index (χ0v) is 16.2. The number of nitrogens with one attached hydrogen (secondary N) is 1. The van der Waals surface area contributed by atoms with Crippen LogP contribution in [0.5, 0.6) is 0 Å². The monoisotopic (exact) mass is 434 g/mol. The maximum absolute atomic E-state index is 13.2. The number of ether oxygens (including phenoxy) is 1. The molecule has 27 heavy (non-hydrogen) atoms. The number of carbonyl (C=O) groups excluding carboxylic acids is 2. The van der Waals surface area contributed by atoms with Gasteiger partial charge in [0.1, 0.15) is 11.9 Å². The fourth-order valence-corrected chi connectivity index (χ4v) is 3.20. The lowest BCUT2D eigenvalue weighted by molar-refractivity contribution is -0.139. The Morgan fingerprint density at radius 1 is 1.22 bits per heavy atom. The van der Waals surface area contributed by atoms with Crippen molar-refractivity contribution in [1.29, 1.82) is 0 Å². The minimum absolute atomic E-state index is 0.0374. The van der Waals surface area contributed by atoms with Gasteiger partial charge in [-0.25, -0.2) is 4.39 Å².